The Kier molecular flexibility index (Phi) is 3.31. The van der Waals surface area contributed by atoms with Crippen molar-refractivity contribution in [3.63, 3.8) is 0 Å². The van der Waals surface area contributed by atoms with Crippen molar-refractivity contribution in [1.29, 1.82) is 0 Å². The van der Waals surface area contributed by atoms with Crippen molar-refractivity contribution >= 4 is 39.8 Å². The van der Waals surface area contributed by atoms with E-state index in [2.05, 4.69) is 21.9 Å². The van der Waals surface area contributed by atoms with Crippen LogP contribution in [0, 0.1) is 6.92 Å². The molecule has 0 aliphatic carbocycles. The molecule has 0 aliphatic heterocycles. The fourth-order valence-corrected chi connectivity index (χ4v) is 2.52. The van der Waals surface area contributed by atoms with Crippen LogP contribution in [0.4, 0.5) is 11.5 Å². The van der Waals surface area contributed by atoms with Gasteiger partial charge in [0.2, 0.25) is 0 Å². The van der Waals surface area contributed by atoms with Gasteiger partial charge in [-0.2, -0.15) is 0 Å². The van der Waals surface area contributed by atoms with E-state index in [1.807, 2.05) is 37.4 Å². The molecular formula is C16H14ClN3O. The summed E-state index contributed by atoms with van der Waals surface area (Å²) in [6.45, 7) is 5.55. The smallest absolute Gasteiger partial charge is 0.154 e. The molecule has 3 N–H and O–H groups in total. The van der Waals surface area contributed by atoms with Crippen molar-refractivity contribution < 1.29 is 5.11 Å². The van der Waals surface area contributed by atoms with Crippen molar-refractivity contribution in [2.24, 2.45) is 0 Å². The van der Waals surface area contributed by atoms with E-state index in [0.29, 0.717) is 16.4 Å². The molecule has 3 aromatic rings. The van der Waals surface area contributed by atoms with Gasteiger partial charge in [0.1, 0.15) is 5.76 Å². The summed E-state index contributed by atoms with van der Waals surface area (Å²) in [5.41, 5.74) is 3.31. The lowest BCUT2D eigenvalue weighted by Crippen LogP contribution is -1.97. The molecule has 0 saturated heterocycles. The van der Waals surface area contributed by atoms with Crippen LogP contribution in [0.1, 0.15) is 11.1 Å². The van der Waals surface area contributed by atoms with Gasteiger partial charge in [0.15, 0.2) is 5.82 Å². The molecule has 2 aromatic heterocycles. The SMILES string of the molecule is C=C(O)c1cnc(Nc2cccc(Cl)c2)c2[nH]cc(C)c12. The van der Waals surface area contributed by atoms with Crippen LogP contribution in [0.2, 0.25) is 5.02 Å². The number of aliphatic hydroxyl groups is 1. The minimum Gasteiger partial charge on any atom is -0.508 e. The quantitative estimate of drug-likeness (QED) is 0.609. The number of aliphatic hydroxyl groups excluding tert-OH is 1. The number of hydrogen-bond acceptors (Lipinski definition) is 3. The maximum atomic E-state index is 9.70. The number of nitrogens with one attached hydrogen (secondary N) is 2. The zero-order valence-corrected chi connectivity index (χ0v) is 12.2. The van der Waals surface area contributed by atoms with E-state index in [9.17, 15) is 5.11 Å². The maximum absolute atomic E-state index is 9.70. The second-order valence-electron chi connectivity index (χ2n) is 4.82. The predicted molar refractivity (Wildman–Crippen MR) is 87.2 cm³/mol. The molecule has 5 heteroatoms. The van der Waals surface area contributed by atoms with Gasteiger partial charge in [-0.3, -0.25) is 0 Å². The first-order valence-electron chi connectivity index (χ1n) is 6.44. The lowest BCUT2D eigenvalue weighted by molar-refractivity contribution is 0.514. The minimum atomic E-state index is 0.00417. The monoisotopic (exact) mass is 299 g/mol. The molecule has 0 aliphatic rings. The number of H-pyrrole nitrogens is 1. The van der Waals surface area contributed by atoms with Crippen LogP contribution < -0.4 is 5.32 Å². The third-order valence-electron chi connectivity index (χ3n) is 3.30. The minimum absolute atomic E-state index is 0.00417. The van der Waals surface area contributed by atoms with Crippen molar-refractivity contribution in [1.82, 2.24) is 9.97 Å². The highest BCUT2D eigenvalue weighted by molar-refractivity contribution is 6.30. The van der Waals surface area contributed by atoms with Crippen LogP contribution in [-0.2, 0) is 0 Å². The fraction of sp³-hybridized carbons (Fsp3) is 0.0625. The van der Waals surface area contributed by atoms with Gasteiger partial charge in [-0.15, -0.1) is 0 Å². The van der Waals surface area contributed by atoms with Crippen LogP contribution in [-0.4, -0.2) is 15.1 Å². The summed E-state index contributed by atoms with van der Waals surface area (Å²) in [6.07, 6.45) is 3.49. The molecule has 0 atom stereocenters. The van der Waals surface area contributed by atoms with Crippen molar-refractivity contribution in [3.05, 3.63) is 59.4 Å². The number of fused-ring (bicyclic) bond motifs is 1. The van der Waals surface area contributed by atoms with E-state index in [0.717, 1.165) is 22.2 Å². The van der Waals surface area contributed by atoms with Crippen LogP contribution in [0.3, 0.4) is 0 Å². The number of aromatic amines is 1. The Labute approximate surface area is 127 Å². The number of anilines is 2. The molecule has 0 fully saturated rings. The van der Waals surface area contributed by atoms with Gasteiger partial charge in [0.05, 0.1) is 5.52 Å². The summed E-state index contributed by atoms with van der Waals surface area (Å²) < 4.78 is 0. The van der Waals surface area contributed by atoms with E-state index >= 15 is 0 Å². The summed E-state index contributed by atoms with van der Waals surface area (Å²) in [4.78, 5) is 7.54. The van der Waals surface area contributed by atoms with Crippen LogP contribution in [0.15, 0.2) is 43.2 Å². The number of halogens is 1. The fourth-order valence-electron chi connectivity index (χ4n) is 2.33. The van der Waals surface area contributed by atoms with E-state index in [1.54, 1.807) is 6.20 Å². The zero-order valence-electron chi connectivity index (χ0n) is 11.4. The molecular weight excluding hydrogens is 286 g/mol. The Morgan fingerprint density at radius 1 is 1.43 bits per heavy atom. The predicted octanol–water partition coefficient (Wildman–Crippen LogP) is 4.80. The summed E-state index contributed by atoms with van der Waals surface area (Å²) in [5.74, 6) is 0.676. The van der Waals surface area contributed by atoms with Crippen molar-refractivity contribution in [3.8, 4) is 0 Å². The standard InChI is InChI=1S/C16H14ClN3O/c1-9-7-18-15-14(9)13(10(2)21)8-19-16(15)20-12-5-3-4-11(17)6-12/h3-8,18,21H,2H2,1H3,(H,19,20). The molecule has 3 rings (SSSR count). The number of rotatable bonds is 3. The largest absolute Gasteiger partial charge is 0.508 e. The molecule has 1 aromatic carbocycles. The molecule has 21 heavy (non-hydrogen) atoms. The van der Waals surface area contributed by atoms with Crippen LogP contribution in [0.25, 0.3) is 16.7 Å². The van der Waals surface area contributed by atoms with Gasteiger partial charge in [-0.05, 0) is 30.7 Å². The maximum Gasteiger partial charge on any atom is 0.154 e. The summed E-state index contributed by atoms with van der Waals surface area (Å²) >= 11 is 5.99. The van der Waals surface area contributed by atoms with Gasteiger partial charge < -0.3 is 15.4 Å². The van der Waals surface area contributed by atoms with Gasteiger partial charge in [0, 0.05) is 34.1 Å². The van der Waals surface area contributed by atoms with E-state index < -0.39 is 0 Å². The Morgan fingerprint density at radius 2 is 2.24 bits per heavy atom. The first-order chi connectivity index (χ1) is 10.1. The van der Waals surface area contributed by atoms with Crippen molar-refractivity contribution in [2.75, 3.05) is 5.32 Å². The second kappa shape index (κ2) is 5.14. The highest BCUT2D eigenvalue weighted by Gasteiger charge is 2.13. The molecule has 106 valence electrons. The molecule has 0 radical (unpaired) electrons. The number of aromatic nitrogens is 2. The summed E-state index contributed by atoms with van der Waals surface area (Å²) in [6, 6.07) is 7.41. The van der Waals surface area contributed by atoms with E-state index in [1.165, 1.54) is 0 Å². The Balaban J connectivity index is 2.12. The lowest BCUT2D eigenvalue weighted by Gasteiger charge is -2.09. The first-order valence-corrected chi connectivity index (χ1v) is 6.81. The molecule has 0 spiro atoms. The average molecular weight is 300 g/mol. The molecule has 0 saturated carbocycles. The number of pyridine rings is 1. The molecule has 0 amide bonds. The van der Waals surface area contributed by atoms with E-state index in [-0.39, 0.29) is 5.76 Å². The molecule has 0 bridgehead atoms. The highest BCUT2D eigenvalue weighted by Crippen LogP contribution is 2.31. The summed E-state index contributed by atoms with van der Waals surface area (Å²) in [5, 5.41) is 14.5. The number of nitrogens with zero attached hydrogens (tertiary/aromatic N) is 1. The highest BCUT2D eigenvalue weighted by atomic mass is 35.5. The zero-order chi connectivity index (χ0) is 15.0. The first kappa shape index (κ1) is 13.5. The Bertz CT molecular complexity index is 839. The number of aryl methyl sites for hydroxylation is 1. The molecule has 2 heterocycles. The third kappa shape index (κ3) is 2.45. The van der Waals surface area contributed by atoms with Gasteiger partial charge in [-0.1, -0.05) is 24.2 Å². The average Bonchev–Trinajstić information content (AvgIpc) is 2.82. The lowest BCUT2D eigenvalue weighted by atomic mass is 10.1. The second-order valence-corrected chi connectivity index (χ2v) is 5.26. The summed E-state index contributed by atoms with van der Waals surface area (Å²) in [7, 11) is 0. The Hall–Kier alpha value is -2.46. The Morgan fingerprint density at radius 3 is 2.95 bits per heavy atom. The number of hydrogen-bond donors (Lipinski definition) is 3. The van der Waals surface area contributed by atoms with E-state index in [4.69, 9.17) is 11.6 Å². The third-order valence-corrected chi connectivity index (χ3v) is 3.54. The normalized spacial score (nSPS) is 10.8. The van der Waals surface area contributed by atoms with Crippen LogP contribution >= 0.6 is 11.6 Å². The van der Waals surface area contributed by atoms with Crippen LogP contribution in [0.5, 0.6) is 0 Å². The van der Waals surface area contributed by atoms with Gasteiger partial charge in [0.25, 0.3) is 0 Å². The van der Waals surface area contributed by atoms with Gasteiger partial charge in [-0.25, -0.2) is 4.98 Å². The molecule has 0 unspecified atom stereocenters. The van der Waals surface area contributed by atoms with Gasteiger partial charge >= 0.3 is 0 Å². The number of benzene rings is 1. The van der Waals surface area contributed by atoms with Crippen molar-refractivity contribution in [2.45, 2.75) is 6.92 Å². The molecule has 4 nitrogen and oxygen atoms in total. The topological polar surface area (TPSA) is 60.9 Å².